The van der Waals surface area contributed by atoms with Crippen LogP contribution in [0.2, 0.25) is 0 Å². The molecule has 0 unspecified atom stereocenters. The first-order valence-corrected chi connectivity index (χ1v) is 3.36. The lowest BCUT2D eigenvalue weighted by molar-refractivity contribution is -0.0595. The largest absolute Gasteiger partial charge is 0.673 e. The Kier molecular flexibility index (Phi) is 4.48. The van der Waals surface area contributed by atoms with Gasteiger partial charge in [0.25, 0.3) is 0 Å². The molecule has 1 aliphatic rings. The van der Waals surface area contributed by atoms with Gasteiger partial charge in [0.2, 0.25) is 0 Å². The van der Waals surface area contributed by atoms with Gasteiger partial charge in [-0.05, 0) is 0 Å². The van der Waals surface area contributed by atoms with Crippen molar-refractivity contribution < 1.29 is 21.6 Å². The van der Waals surface area contributed by atoms with E-state index in [9.17, 15) is 17.3 Å². The summed E-state index contributed by atoms with van der Waals surface area (Å²) in [6.45, 7) is 2.47. The van der Waals surface area contributed by atoms with Crippen LogP contribution < -0.4 is 0 Å². The van der Waals surface area contributed by atoms with E-state index < -0.39 is 7.25 Å². The summed E-state index contributed by atoms with van der Waals surface area (Å²) in [5, 5.41) is 0. The average Bonchev–Trinajstić information content (AvgIpc) is 2.12. The molecule has 0 amide bonds. The minimum absolute atomic E-state index is 1.24. The molecule has 0 aromatic heterocycles. The van der Waals surface area contributed by atoms with E-state index in [1.807, 2.05) is 0 Å². The molecule has 0 aromatic carbocycles. The Morgan fingerprint density at radius 3 is 1.36 bits per heavy atom. The van der Waals surface area contributed by atoms with Crippen molar-refractivity contribution in [2.75, 3.05) is 20.3 Å². The lowest BCUT2D eigenvalue weighted by Gasteiger charge is -2.00. The molecule has 0 spiro atoms. The molecule has 11 heavy (non-hydrogen) atoms. The summed E-state index contributed by atoms with van der Waals surface area (Å²) in [6, 6.07) is 0. The highest BCUT2D eigenvalue weighted by Gasteiger charge is 2.20. The van der Waals surface area contributed by atoms with Gasteiger partial charge in [-0.1, -0.05) is 0 Å². The van der Waals surface area contributed by atoms with Gasteiger partial charge in [-0.2, -0.15) is 0 Å². The topological polar surface area (TPSA) is 2.70 Å². The number of rotatable bonds is 0. The van der Waals surface area contributed by atoms with Crippen molar-refractivity contribution >= 4 is 7.25 Å². The third-order valence-electron chi connectivity index (χ3n) is 1.24. The van der Waals surface area contributed by atoms with Gasteiger partial charge in [0, 0.05) is 12.8 Å². The van der Waals surface area contributed by atoms with Gasteiger partial charge in [-0.3, -0.25) is 0 Å². The van der Waals surface area contributed by atoms with E-state index in [0.29, 0.717) is 0 Å². The molecule has 0 aliphatic carbocycles. The van der Waals surface area contributed by atoms with E-state index in [-0.39, 0.29) is 0 Å². The quantitative estimate of drug-likeness (QED) is 0.301. The minimum atomic E-state index is -6.00. The first-order valence-electron chi connectivity index (χ1n) is 3.36. The Hall–Kier alpha value is -0.255. The lowest BCUT2D eigenvalue weighted by atomic mass is 10.3. The van der Waals surface area contributed by atoms with Crippen LogP contribution in [-0.4, -0.2) is 27.6 Å². The standard InChI is InChI=1S/C5H11O.BF4/c1-6-4-2-3-5-6;2-1(3,4)5/h2-5H2,1H3;/q+1;-1. The molecule has 68 valence electrons. The van der Waals surface area contributed by atoms with Crippen LogP contribution in [0.5, 0.6) is 0 Å². The molecular weight excluding hydrogens is 163 g/mol. The van der Waals surface area contributed by atoms with Gasteiger partial charge in [0.05, 0.1) is 0 Å². The highest BCUT2D eigenvalue weighted by atomic mass is 19.5. The predicted octanol–water partition coefficient (Wildman–Crippen LogP) is 2.26. The average molecular weight is 174 g/mol. The highest BCUT2D eigenvalue weighted by Crippen LogP contribution is 2.07. The molecule has 1 heterocycles. The first kappa shape index (κ1) is 10.7. The SMILES string of the molecule is C[O+]1CCCC1.F[B-](F)(F)F. The summed E-state index contributed by atoms with van der Waals surface area (Å²) in [4.78, 5) is 0. The van der Waals surface area contributed by atoms with Gasteiger partial charge in [-0.15, -0.1) is 0 Å². The number of hydrogen-bond acceptors (Lipinski definition) is 0. The first-order chi connectivity index (χ1) is 4.89. The Labute approximate surface area is 63.1 Å². The Balaban J connectivity index is 0.000000187. The van der Waals surface area contributed by atoms with E-state index in [0.717, 1.165) is 0 Å². The fraction of sp³-hybridized carbons (Fsp3) is 1.00. The van der Waals surface area contributed by atoms with Crippen molar-refractivity contribution in [2.24, 2.45) is 0 Å². The third-order valence-corrected chi connectivity index (χ3v) is 1.24. The molecule has 0 N–H and O–H groups in total. The van der Waals surface area contributed by atoms with Crippen LogP contribution in [0.25, 0.3) is 0 Å². The van der Waals surface area contributed by atoms with Crippen LogP contribution in [0.15, 0.2) is 0 Å². The van der Waals surface area contributed by atoms with E-state index in [1.165, 1.54) is 26.1 Å². The van der Waals surface area contributed by atoms with Crippen molar-refractivity contribution in [3.05, 3.63) is 0 Å². The molecule has 1 fully saturated rings. The van der Waals surface area contributed by atoms with E-state index in [2.05, 4.69) is 11.5 Å². The molecule has 0 radical (unpaired) electrons. The normalized spacial score (nSPS) is 19.4. The summed E-state index contributed by atoms with van der Waals surface area (Å²) in [6.07, 6.45) is 2.75. The molecule has 6 heteroatoms. The summed E-state index contributed by atoms with van der Waals surface area (Å²) < 4.78 is 42.0. The van der Waals surface area contributed by atoms with Crippen molar-refractivity contribution in [1.82, 2.24) is 0 Å². The second-order valence-electron chi connectivity index (χ2n) is 2.39. The molecule has 0 atom stereocenters. The van der Waals surface area contributed by atoms with Crippen molar-refractivity contribution in [1.29, 1.82) is 0 Å². The molecule has 0 bridgehead atoms. The minimum Gasteiger partial charge on any atom is -0.424 e. The summed E-state index contributed by atoms with van der Waals surface area (Å²) in [5.74, 6) is 0. The maximum absolute atomic E-state index is 9.75. The van der Waals surface area contributed by atoms with E-state index in [4.69, 9.17) is 0 Å². The van der Waals surface area contributed by atoms with Gasteiger partial charge in [0.1, 0.15) is 20.3 Å². The highest BCUT2D eigenvalue weighted by molar-refractivity contribution is 6.50. The van der Waals surface area contributed by atoms with Crippen LogP contribution in [0.1, 0.15) is 12.8 Å². The maximum atomic E-state index is 9.75. The Morgan fingerprint density at radius 1 is 1.00 bits per heavy atom. The molecule has 1 saturated heterocycles. The van der Waals surface area contributed by atoms with Crippen molar-refractivity contribution in [3.8, 4) is 0 Å². The molecule has 0 aromatic rings. The van der Waals surface area contributed by atoms with Gasteiger partial charge in [0.15, 0.2) is 0 Å². The fourth-order valence-electron chi connectivity index (χ4n) is 0.799. The zero-order chi connectivity index (χ0) is 8.91. The van der Waals surface area contributed by atoms with Gasteiger partial charge < -0.3 is 21.6 Å². The third kappa shape index (κ3) is 12.8. The van der Waals surface area contributed by atoms with E-state index >= 15 is 0 Å². The summed E-state index contributed by atoms with van der Waals surface area (Å²) in [5.41, 5.74) is 0. The summed E-state index contributed by atoms with van der Waals surface area (Å²) >= 11 is 0. The van der Waals surface area contributed by atoms with Gasteiger partial charge >= 0.3 is 7.25 Å². The van der Waals surface area contributed by atoms with Gasteiger partial charge in [-0.25, -0.2) is 0 Å². The molecular formula is C5H11BF4O. The molecule has 1 nitrogen and oxygen atoms in total. The van der Waals surface area contributed by atoms with E-state index in [1.54, 1.807) is 0 Å². The van der Waals surface area contributed by atoms with Crippen molar-refractivity contribution in [2.45, 2.75) is 12.8 Å². The maximum Gasteiger partial charge on any atom is 0.673 e. The number of hydrogen-bond donors (Lipinski definition) is 0. The second kappa shape index (κ2) is 4.59. The molecule has 0 saturated carbocycles. The Morgan fingerprint density at radius 2 is 1.27 bits per heavy atom. The molecule has 1 aliphatic heterocycles. The smallest absolute Gasteiger partial charge is 0.424 e. The zero-order valence-corrected chi connectivity index (χ0v) is 6.33. The fourth-order valence-corrected chi connectivity index (χ4v) is 0.799. The Bertz CT molecular complexity index is 93.1. The van der Waals surface area contributed by atoms with Crippen LogP contribution in [0.3, 0.4) is 0 Å². The predicted molar refractivity (Wildman–Crippen MR) is 36.2 cm³/mol. The monoisotopic (exact) mass is 174 g/mol. The number of halogens is 4. The zero-order valence-electron chi connectivity index (χ0n) is 6.33. The van der Waals surface area contributed by atoms with Crippen LogP contribution in [-0.2, 0) is 4.37 Å². The van der Waals surface area contributed by atoms with Crippen LogP contribution >= 0.6 is 0 Å². The lowest BCUT2D eigenvalue weighted by Crippen LogP contribution is -2.02. The second-order valence-corrected chi connectivity index (χ2v) is 2.39. The summed E-state index contributed by atoms with van der Waals surface area (Å²) in [7, 11) is -3.91. The van der Waals surface area contributed by atoms with Crippen molar-refractivity contribution in [3.63, 3.8) is 0 Å². The molecule has 1 rings (SSSR count). The van der Waals surface area contributed by atoms with Crippen LogP contribution in [0.4, 0.5) is 17.3 Å². The van der Waals surface area contributed by atoms with Crippen LogP contribution in [0, 0.1) is 0 Å².